The summed E-state index contributed by atoms with van der Waals surface area (Å²) in [4.78, 5) is 30.9. The molecule has 8 rings (SSSR count). The third-order valence-corrected chi connectivity index (χ3v) is 14.7. The van der Waals surface area contributed by atoms with Crippen molar-refractivity contribution in [2.45, 2.75) is 51.4 Å². The monoisotopic (exact) mass is 833 g/mol. The zero-order chi connectivity index (χ0) is 42.3. The molecule has 1 amide bonds. The first-order valence-electron chi connectivity index (χ1n) is 20.8. The molecule has 0 saturated carbocycles. The van der Waals surface area contributed by atoms with Gasteiger partial charge in [-0.3, -0.25) is 9.59 Å². The Hall–Kier alpha value is -5.38. The number of aromatic nitrogens is 2. The van der Waals surface area contributed by atoms with Crippen LogP contribution < -0.4 is 24.3 Å². The van der Waals surface area contributed by atoms with Gasteiger partial charge in [0.2, 0.25) is 11.4 Å². The molecule has 1 N–H and O–H groups in total. The van der Waals surface area contributed by atoms with Crippen LogP contribution in [0.25, 0.3) is 33.6 Å². The number of rotatable bonds is 14. The molecule has 4 heterocycles. The Morgan fingerprint density at radius 3 is 1.53 bits per heavy atom. The van der Waals surface area contributed by atoms with Crippen LogP contribution in [0.3, 0.4) is 0 Å². The van der Waals surface area contributed by atoms with E-state index in [1.54, 1.807) is 21.6 Å². The number of amides is 1. The summed E-state index contributed by atoms with van der Waals surface area (Å²) in [6.45, 7) is 9.55. The van der Waals surface area contributed by atoms with Crippen LogP contribution in [0.2, 0.25) is 0 Å². The van der Waals surface area contributed by atoms with Crippen LogP contribution in [0.5, 0.6) is 0 Å². The van der Waals surface area contributed by atoms with Gasteiger partial charge in [-0.25, -0.2) is 0 Å². The molecule has 2 aliphatic heterocycles. The number of benzene rings is 4. The third-order valence-electron chi connectivity index (χ3n) is 12.3. The average Bonchev–Trinajstić information content (AvgIpc) is 3.62. The molecule has 0 fully saturated rings. The maximum absolute atomic E-state index is 13.4. The number of hydrogen-bond donors (Lipinski definition) is 1. The zero-order valence-corrected chi connectivity index (χ0v) is 37.6. The summed E-state index contributed by atoms with van der Waals surface area (Å²) >= 11 is 0. The molecule has 4 aromatic carbocycles. The topological polar surface area (TPSA) is 60.4 Å². The smallest absolute Gasteiger partial charge is 0.251 e. The first kappa shape index (κ1) is 41.4. The summed E-state index contributed by atoms with van der Waals surface area (Å²) in [5.41, 5.74) is 15.1. The van der Waals surface area contributed by atoms with E-state index < -0.39 is 0 Å². The van der Waals surface area contributed by atoms with Crippen LogP contribution in [-0.2, 0) is 10.8 Å². The van der Waals surface area contributed by atoms with Gasteiger partial charge < -0.3 is 15.1 Å². The number of ketones is 1. The van der Waals surface area contributed by atoms with Crippen molar-refractivity contribution in [2.75, 3.05) is 56.0 Å². The lowest BCUT2D eigenvalue weighted by Crippen LogP contribution is -2.34. The third kappa shape index (κ3) is 7.85. The minimum atomic E-state index is -0.258. The number of carbonyl (C=O) groups excluding carboxylic acids is 2. The highest BCUT2D eigenvalue weighted by atomic mass is 33.1. The number of Topliss-reactive ketones (excluding diaryl/α,β-unsaturated/α-hetero) is 1. The number of carbonyl (C=O) groups is 2. The van der Waals surface area contributed by atoms with E-state index in [1.807, 2.05) is 12.1 Å². The second kappa shape index (κ2) is 16.6. The SMILES string of the molecule is CN(C)c1ccc(-c2cc[n+]3c(c2)C(C)(C)c2cc(C(=O)CCCSSCCNC(=O)c4ccc5c(c4)C(C)(C)c4cc(-c6ccc(N(C)C)cc6)cc[n+]4-5)ccc2-3)cc1. The molecule has 2 aliphatic rings. The van der Waals surface area contributed by atoms with Crippen molar-refractivity contribution in [3.63, 3.8) is 0 Å². The minimum absolute atomic E-state index is 0.0539. The van der Waals surface area contributed by atoms with E-state index in [4.69, 9.17) is 0 Å². The molecule has 0 aliphatic carbocycles. The molecular formula is C51H55N5O2S2+2. The van der Waals surface area contributed by atoms with Gasteiger partial charge in [0.25, 0.3) is 5.91 Å². The minimum Gasteiger partial charge on any atom is -0.378 e. The van der Waals surface area contributed by atoms with E-state index in [9.17, 15) is 9.59 Å². The maximum Gasteiger partial charge on any atom is 0.251 e. The van der Waals surface area contributed by atoms with Gasteiger partial charge >= 0.3 is 0 Å². The summed E-state index contributed by atoms with van der Waals surface area (Å²) in [6, 6.07) is 38.5. The molecule has 0 radical (unpaired) electrons. The van der Waals surface area contributed by atoms with Gasteiger partial charge in [-0.2, -0.15) is 9.13 Å². The summed E-state index contributed by atoms with van der Waals surface area (Å²) in [6.07, 6.45) is 5.63. The molecule has 6 aromatic rings. The van der Waals surface area contributed by atoms with Crippen molar-refractivity contribution in [3.8, 4) is 33.6 Å². The van der Waals surface area contributed by atoms with Crippen LogP contribution in [0, 0.1) is 0 Å². The van der Waals surface area contributed by atoms with Gasteiger partial charge in [-0.15, -0.1) is 0 Å². The highest BCUT2D eigenvalue weighted by Gasteiger charge is 2.45. The van der Waals surface area contributed by atoms with Gasteiger partial charge in [0.15, 0.2) is 29.6 Å². The fourth-order valence-electron chi connectivity index (χ4n) is 8.59. The number of pyridine rings is 2. The molecule has 0 unspecified atom stereocenters. The predicted octanol–water partition coefficient (Wildman–Crippen LogP) is 9.76. The molecule has 2 aromatic heterocycles. The molecule has 0 saturated heterocycles. The number of nitrogens with one attached hydrogen (secondary N) is 1. The Kier molecular flexibility index (Phi) is 11.4. The predicted molar refractivity (Wildman–Crippen MR) is 251 cm³/mol. The van der Waals surface area contributed by atoms with Gasteiger partial charge in [-0.1, -0.05) is 45.9 Å². The van der Waals surface area contributed by atoms with E-state index in [0.717, 1.165) is 40.4 Å². The molecule has 7 nitrogen and oxygen atoms in total. The standard InChI is InChI=1S/C51H54N5O2S2/c1-50(2)42-30-38(15-21-44(42)55-26-23-36(32-47(50)55)34-11-17-40(18-12-34)53(5)6)46(57)10-9-28-59-60-29-25-52-49(58)39-16-22-45-43(31-39)51(3,4)48-33-37(24-27-56(45)48)35-13-19-41(20-14-35)54(7)8/h11-24,26-27,30-33H,9-10,25,28-29H2,1-8H3/q+1/p+1. The lowest BCUT2D eigenvalue weighted by atomic mass is 9.81. The lowest BCUT2D eigenvalue weighted by molar-refractivity contribution is -0.600. The Morgan fingerprint density at radius 2 is 1.03 bits per heavy atom. The molecule has 306 valence electrons. The molecule has 0 atom stereocenters. The highest BCUT2D eigenvalue weighted by Crippen LogP contribution is 2.41. The fraction of sp³-hybridized carbons (Fsp3) is 0.294. The van der Waals surface area contributed by atoms with E-state index >= 15 is 0 Å². The largest absolute Gasteiger partial charge is 0.378 e. The Bertz CT molecular complexity index is 2420. The molecular weight excluding hydrogens is 779 g/mol. The van der Waals surface area contributed by atoms with E-state index in [-0.39, 0.29) is 22.5 Å². The number of hydrogen-bond acceptors (Lipinski definition) is 6. The van der Waals surface area contributed by atoms with Gasteiger partial charge in [0.05, 0.1) is 10.8 Å². The first-order chi connectivity index (χ1) is 28.7. The molecule has 0 bridgehead atoms. The lowest BCUT2D eigenvalue weighted by Gasteiger charge is -2.16. The summed E-state index contributed by atoms with van der Waals surface area (Å²) in [5.74, 6) is 1.80. The van der Waals surface area contributed by atoms with E-state index in [0.29, 0.717) is 18.5 Å². The molecule has 60 heavy (non-hydrogen) atoms. The van der Waals surface area contributed by atoms with Gasteiger partial charge in [0.1, 0.15) is 0 Å². The normalized spacial score (nSPS) is 13.9. The Labute approximate surface area is 363 Å². The fourth-order valence-corrected chi connectivity index (χ4v) is 10.6. The van der Waals surface area contributed by atoms with Crippen molar-refractivity contribution < 1.29 is 18.7 Å². The zero-order valence-electron chi connectivity index (χ0n) is 36.0. The second-order valence-corrected chi connectivity index (χ2v) is 20.1. The number of anilines is 2. The van der Waals surface area contributed by atoms with Crippen LogP contribution in [0.15, 0.2) is 122 Å². The Morgan fingerprint density at radius 1 is 0.567 bits per heavy atom. The van der Waals surface area contributed by atoms with Crippen molar-refractivity contribution >= 4 is 44.7 Å². The molecule has 0 spiro atoms. The van der Waals surface area contributed by atoms with E-state index in [2.05, 4.69) is 190 Å². The van der Waals surface area contributed by atoms with Crippen LogP contribution in [-0.4, -0.2) is 57.9 Å². The van der Waals surface area contributed by atoms with Crippen molar-refractivity contribution in [3.05, 3.63) is 155 Å². The van der Waals surface area contributed by atoms with Crippen molar-refractivity contribution in [1.29, 1.82) is 0 Å². The quantitative estimate of drug-likeness (QED) is 0.0511. The first-order valence-corrected chi connectivity index (χ1v) is 23.3. The van der Waals surface area contributed by atoms with Crippen LogP contribution in [0.4, 0.5) is 11.4 Å². The van der Waals surface area contributed by atoms with Gasteiger partial charge in [-0.05, 0) is 105 Å². The highest BCUT2D eigenvalue weighted by molar-refractivity contribution is 8.76. The summed E-state index contributed by atoms with van der Waals surface area (Å²) in [5, 5.41) is 3.12. The second-order valence-electron chi connectivity index (χ2n) is 17.4. The molecule has 9 heteroatoms. The summed E-state index contributed by atoms with van der Waals surface area (Å²) in [7, 11) is 11.7. The van der Waals surface area contributed by atoms with Crippen LogP contribution in [0.1, 0.15) is 83.8 Å². The van der Waals surface area contributed by atoms with Crippen LogP contribution >= 0.6 is 21.6 Å². The van der Waals surface area contributed by atoms with E-state index in [1.165, 1.54) is 50.6 Å². The Balaban J connectivity index is 0.796. The van der Waals surface area contributed by atoms with Crippen molar-refractivity contribution in [1.82, 2.24) is 5.32 Å². The van der Waals surface area contributed by atoms with Crippen molar-refractivity contribution in [2.24, 2.45) is 0 Å². The summed E-state index contributed by atoms with van der Waals surface area (Å²) < 4.78 is 4.52. The average molecular weight is 834 g/mol. The van der Waals surface area contributed by atoms with Gasteiger partial charge in [0, 0.05) is 123 Å². The maximum atomic E-state index is 13.4. The number of fused-ring (bicyclic) bond motifs is 6. The number of nitrogens with zero attached hydrogens (tertiary/aromatic N) is 4.